The molecule has 4 heterocycles. The van der Waals surface area contributed by atoms with E-state index in [9.17, 15) is 0 Å². The van der Waals surface area contributed by atoms with Crippen molar-refractivity contribution in [2.75, 3.05) is 43.6 Å². The number of methoxy groups -OCH3 is 1. The van der Waals surface area contributed by atoms with Crippen LogP contribution in [-0.4, -0.2) is 60.6 Å². The smallest absolute Gasteiger partial charge is 0.156 e. The SMILES string of the molecule is CO[C@H]1CCN(c2cc(O[C@H](C)C3COC3)c3c(Nc4ccc5ncccc5c4F)ncnc3c2)C1. The van der Waals surface area contributed by atoms with Gasteiger partial charge in [0.15, 0.2) is 5.82 Å². The number of hydrogen-bond donors (Lipinski definition) is 1. The van der Waals surface area contributed by atoms with Gasteiger partial charge in [-0.2, -0.15) is 0 Å². The summed E-state index contributed by atoms with van der Waals surface area (Å²) < 4.78 is 32.8. The largest absolute Gasteiger partial charge is 0.489 e. The highest BCUT2D eigenvalue weighted by Gasteiger charge is 2.29. The van der Waals surface area contributed by atoms with Crippen LogP contribution in [0.15, 0.2) is 48.9 Å². The highest BCUT2D eigenvalue weighted by Crippen LogP contribution is 2.39. The van der Waals surface area contributed by atoms with E-state index in [0.29, 0.717) is 52.7 Å². The lowest BCUT2D eigenvalue weighted by Gasteiger charge is -2.32. The molecule has 2 atom stereocenters. The molecule has 0 radical (unpaired) electrons. The van der Waals surface area contributed by atoms with E-state index in [0.717, 1.165) is 30.7 Å². The summed E-state index contributed by atoms with van der Waals surface area (Å²) in [6.07, 6.45) is 4.25. The van der Waals surface area contributed by atoms with Gasteiger partial charge in [-0.25, -0.2) is 14.4 Å². The second kappa shape index (κ2) is 9.48. The standard InChI is InChI=1S/C27H28FN5O3/c1-16(17-13-35-14-17)36-24-11-18(33-9-7-19(12-33)34-2)10-23-25(24)27(31-15-30-23)32-22-6-5-21-20(26(22)28)4-3-8-29-21/h3-6,8,10-11,15-17,19H,7,9,12-14H2,1-2H3,(H,30,31,32)/t16-,19+/m1/s1. The van der Waals surface area contributed by atoms with Crippen LogP contribution in [0.4, 0.5) is 21.6 Å². The third-order valence-electron chi connectivity index (χ3n) is 7.14. The molecule has 1 N–H and O–H groups in total. The van der Waals surface area contributed by atoms with Crippen LogP contribution in [-0.2, 0) is 9.47 Å². The predicted molar refractivity (Wildman–Crippen MR) is 137 cm³/mol. The molecule has 6 rings (SSSR count). The van der Waals surface area contributed by atoms with E-state index >= 15 is 4.39 Å². The van der Waals surface area contributed by atoms with Crippen LogP contribution in [0.1, 0.15) is 13.3 Å². The van der Waals surface area contributed by atoms with Gasteiger partial charge in [-0.05, 0) is 43.7 Å². The van der Waals surface area contributed by atoms with Crippen molar-refractivity contribution in [3.63, 3.8) is 0 Å². The van der Waals surface area contributed by atoms with Crippen LogP contribution in [0, 0.1) is 11.7 Å². The lowest BCUT2D eigenvalue weighted by molar-refractivity contribution is -0.0773. The fourth-order valence-corrected chi connectivity index (χ4v) is 4.83. The first-order valence-electron chi connectivity index (χ1n) is 12.2. The lowest BCUT2D eigenvalue weighted by Crippen LogP contribution is -2.39. The maximum Gasteiger partial charge on any atom is 0.156 e. The van der Waals surface area contributed by atoms with Gasteiger partial charge in [0.05, 0.1) is 41.4 Å². The molecule has 2 aliphatic rings. The zero-order chi connectivity index (χ0) is 24.6. The molecule has 0 amide bonds. The Bertz CT molecular complexity index is 1410. The number of ether oxygens (including phenoxy) is 3. The van der Waals surface area contributed by atoms with E-state index in [1.807, 2.05) is 12.1 Å². The van der Waals surface area contributed by atoms with Crippen LogP contribution in [0.2, 0.25) is 0 Å². The first-order valence-corrected chi connectivity index (χ1v) is 12.2. The second-order valence-corrected chi connectivity index (χ2v) is 9.40. The zero-order valence-corrected chi connectivity index (χ0v) is 20.3. The average Bonchev–Trinajstić information content (AvgIpc) is 3.34. The number of anilines is 3. The van der Waals surface area contributed by atoms with Gasteiger partial charge >= 0.3 is 0 Å². The Labute approximate surface area is 208 Å². The van der Waals surface area contributed by atoms with Gasteiger partial charge in [0.25, 0.3) is 0 Å². The molecular weight excluding hydrogens is 461 g/mol. The number of fused-ring (bicyclic) bond motifs is 2. The van der Waals surface area contributed by atoms with E-state index in [2.05, 4.69) is 32.1 Å². The third kappa shape index (κ3) is 4.18. The highest BCUT2D eigenvalue weighted by atomic mass is 19.1. The molecule has 36 heavy (non-hydrogen) atoms. The van der Waals surface area contributed by atoms with Crippen molar-refractivity contribution in [3.8, 4) is 5.75 Å². The Morgan fingerprint density at radius 3 is 2.81 bits per heavy atom. The molecule has 2 fully saturated rings. The minimum Gasteiger partial charge on any atom is -0.489 e. The molecule has 0 spiro atoms. The fraction of sp³-hybridized carbons (Fsp3) is 0.370. The van der Waals surface area contributed by atoms with Crippen LogP contribution in [0.25, 0.3) is 21.8 Å². The summed E-state index contributed by atoms with van der Waals surface area (Å²) in [4.78, 5) is 15.6. The molecule has 0 bridgehead atoms. The van der Waals surface area contributed by atoms with Crippen LogP contribution in [0.5, 0.6) is 5.75 Å². The fourth-order valence-electron chi connectivity index (χ4n) is 4.83. The quantitative estimate of drug-likeness (QED) is 0.400. The van der Waals surface area contributed by atoms with Gasteiger partial charge in [-0.1, -0.05) is 0 Å². The molecule has 8 nitrogen and oxygen atoms in total. The molecule has 186 valence electrons. The normalized spacial score (nSPS) is 19.0. The summed E-state index contributed by atoms with van der Waals surface area (Å²) in [5.41, 5.74) is 2.65. The first kappa shape index (κ1) is 22.9. The number of halogens is 1. The summed E-state index contributed by atoms with van der Waals surface area (Å²) in [7, 11) is 1.75. The molecule has 9 heteroatoms. The predicted octanol–water partition coefficient (Wildman–Crippen LogP) is 4.70. The van der Waals surface area contributed by atoms with E-state index in [1.54, 1.807) is 37.6 Å². The maximum atomic E-state index is 15.4. The van der Waals surface area contributed by atoms with Crippen molar-refractivity contribution in [2.45, 2.75) is 25.6 Å². The average molecular weight is 490 g/mol. The molecule has 2 aromatic heterocycles. The number of nitrogens with zero attached hydrogens (tertiary/aromatic N) is 4. The number of benzene rings is 2. The summed E-state index contributed by atoms with van der Waals surface area (Å²) in [5.74, 6) is 1.08. The van der Waals surface area contributed by atoms with Crippen molar-refractivity contribution in [1.82, 2.24) is 15.0 Å². The van der Waals surface area contributed by atoms with Crippen molar-refractivity contribution in [1.29, 1.82) is 0 Å². The maximum absolute atomic E-state index is 15.4. The van der Waals surface area contributed by atoms with Crippen molar-refractivity contribution >= 4 is 39.0 Å². The second-order valence-electron chi connectivity index (χ2n) is 9.40. The Morgan fingerprint density at radius 2 is 2.03 bits per heavy atom. The van der Waals surface area contributed by atoms with Gasteiger partial charge < -0.3 is 24.4 Å². The minimum atomic E-state index is -0.380. The monoisotopic (exact) mass is 489 g/mol. The summed E-state index contributed by atoms with van der Waals surface area (Å²) >= 11 is 0. The Balaban J connectivity index is 1.42. The molecule has 0 unspecified atom stereocenters. The van der Waals surface area contributed by atoms with E-state index < -0.39 is 0 Å². The first-order chi connectivity index (χ1) is 17.6. The van der Waals surface area contributed by atoms with Crippen LogP contribution < -0.4 is 15.0 Å². The van der Waals surface area contributed by atoms with Crippen molar-refractivity contribution in [3.05, 3.63) is 54.7 Å². The van der Waals surface area contributed by atoms with Gasteiger partial charge in [-0.15, -0.1) is 0 Å². The number of aromatic nitrogens is 3. The van der Waals surface area contributed by atoms with Crippen molar-refractivity contribution < 1.29 is 18.6 Å². The Kier molecular flexibility index (Phi) is 6.02. The molecular formula is C27H28FN5O3. The number of hydrogen-bond acceptors (Lipinski definition) is 8. The number of nitrogens with one attached hydrogen (secondary N) is 1. The van der Waals surface area contributed by atoms with Crippen LogP contribution >= 0.6 is 0 Å². The van der Waals surface area contributed by atoms with Gasteiger partial charge in [-0.3, -0.25) is 4.98 Å². The lowest BCUT2D eigenvalue weighted by atomic mass is 10.0. The highest BCUT2D eigenvalue weighted by molar-refractivity contribution is 5.98. The van der Waals surface area contributed by atoms with E-state index in [4.69, 9.17) is 14.2 Å². The summed E-state index contributed by atoms with van der Waals surface area (Å²) in [5, 5.41) is 4.35. The van der Waals surface area contributed by atoms with Gasteiger partial charge in [0.2, 0.25) is 0 Å². The van der Waals surface area contributed by atoms with Crippen LogP contribution in [0.3, 0.4) is 0 Å². The molecule has 0 aliphatic carbocycles. The Morgan fingerprint density at radius 1 is 1.14 bits per heavy atom. The third-order valence-corrected chi connectivity index (χ3v) is 7.14. The molecule has 4 aromatic rings. The number of pyridine rings is 1. The summed E-state index contributed by atoms with van der Waals surface area (Å²) in [6.45, 7) is 5.11. The van der Waals surface area contributed by atoms with Gasteiger partial charge in [0.1, 0.15) is 24.0 Å². The zero-order valence-electron chi connectivity index (χ0n) is 20.3. The Hall–Kier alpha value is -3.56. The van der Waals surface area contributed by atoms with Gasteiger partial charge in [0, 0.05) is 49.5 Å². The number of rotatable bonds is 7. The molecule has 2 aliphatic heterocycles. The molecule has 2 saturated heterocycles. The molecule has 2 aromatic carbocycles. The van der Waals surface area contributed by atoms with E-state index in [-0.39, 0.29) is 18.0 Å². The minimum absolute atomic E-state index is 0.0564. The summed E-state index contributed by atoms with van der Waals surface area (Å²) in [6, 6.07) is 11.0. The van der Waals surface area contributed by atoms with E-state index in [1.165, 1.54) is 6.33 Å². The topological polar surface area (TPSA) is 81.6 Å². The van der Waals surface area contributed by atoms with Crippen molar-refractivity contribution in [2.24, 2.45) is 5.92 Å². The molecule has 0 saturated carbocycles.